The summed E-state index contributed by atoms with van der Waals surface area (Å²) in [5.41, 5.74) is 5.43. The number of anilines is 1. The van der Waals surface area contributed by atoms with Gasteiger partial charge >= 0.3 is 0 Å². The van der Waals surface area contributed by atoms with E-state index in [0.717, 1.165) is 22.1 Å². The summed E-state index contributed by atoms with van der Waals surface area (Å²) in [5, 5.41) is 17.3. The van der Waals surface area contributed by atoms with Crippen LogP contribution in [0.25, 0.3) is 10.8 Å². The molecule has 176 valence electrons. The van der Waals surface area contributed by atoms with Gasteiger partial charge in [-0.05, 0) is 52.6 Å². The number of allylic oxidation sites excluding steroid dienone is 1. The van der Waals surface area contributed by atoms with Crippen molar-refractivity contribution >= 4 is 28.5 Å². The van der Waals surface area contributed by atoms with Crippen molar-refractivity contribution in [2.75, 3.05) is 12.5 Å². The molecule has 8 nitrogen and oxygen atoms in total. The summed E-state index contributed by atoms with van der Waals surface area (Å²) in [6, 6.07) is 21.1. The van der Waals surface area contributed by atoms with Crippen LogP contribution < -0.4 is 14.9 Å². The lowest BCUT2D eigenvalue weighted by Crippen LogP contribution is -2.03. The summed E-state index contributed by atoms with van der Waals surface area (Å²) >= 11 is 0. The smallest absolute Gasteiger partial charge is 0.287 e. The third-order valence-electron chi connectivity index (χ3n) is 5.29. The Morgan fingerprint density at radius 3 is 2.66 bits per heavy atom. The van der Waals surface area contributed by atoms with Crippen LogP contribution in [-0.2, 0) is 13.0 Å². The maximum absolute atomic E-state index is 10.8. The highest BCUT2D eigenvalue weighted by Gasteiger charge is 2.13. The first-order chi connectivity index (χ1) is 17.1. The minimum atomic E-state index is -0.503. The lowest BCUT2D eigenvalue weighted by atomic mass is 10.1. The van der Waals surface area contributed by atoms with Gasteiger partial charge in [0, 0.05) is 11.6 Å². The second kappa shape index (κ2) is 10.9. The summed E-state index contributed by atoms with van der Waals surface area (Å²) in [5.74, 6) is 1.63. The SMILES string of the molecule is C=CCc1cc(/C=N/Nc2ccc([N+](=O)[O-])cn2)cc(OC)c1OCc1ccc2ccccc2c1. The molecule has 0 saturated carbocycles. The van der Waals surface area contributed by atoms with Crippen LogP contribution in [0.15, 0.2) is 90.7 Å². The van der Waals surface area contributed by atoms with Crippen LogP contribution in [0.5, 0.6) is 11.5 Å². The molecule has 0 saturated heterocycles. The van der Waals surface area contributed by atoms with Gasteiger partial charge in [-0.15, -0.1) is 6.58 Å². The Bertz CT molecular complexity index is 1380. The van der Waals surface area contributed by atoms with Gasteiger partial charge < -0.3 is 9.47 Å². The van der Waals surface area contributed by atoms with E-state index in [1.54, 1.807) is 19.4 Å². The average molecular weight is 469 g/mol. The fourth-order valence-corrected chi connectivity index (χ4v) is 3.60. The molecule has 0 atom stereocenters. The van der Waals surface area contributed by atoms with Crippen molar-refractivity contribution in [3.63, 3.8) is 0 Å². The van der Waals surface area contributed by atoms with Crippen molar-refractivity contribution in [1.82, 2.24) is 4.98 Å². The quantitative estimate of drug-likeness (QED) is 0.135. The van der Waals surface area contributed by atoms with Crippen LogP contribution in [0.2, 0.25) is 0 Å². The molecule has 4 aromatic rings. The fourth-order valence-electron chi connectivity index (χ4n) is 3.60. The second-order valence-corrected chi connectivity index (χ2v) is 7.70. The maximum atomic E-state index is 10.8. The first kappa shape index (κ1) is 23.4. The van der Waals surface area contributed by atoms with E-state index in [1.165, 1.54) is 23.7 Å². The Morgan fingerprint density at radius 1 is 1.11 bits per heavy atom. The first-order valence-electron chi connectivity index (χ1n) is 10.9. The van der Waals surface area contributed by atoms with Crippen LogP contribution in [-0.4, -0.2) is 23.2 Å². The summed E-state index contributed by atoms with van der Waals surface area (Å²) in [6.07, 6.45) is 5.18. The number of fused-ring (bicyclic) bond motifs is 1. The van der Waals surface area contributed by atoms with Crippen LogP contribution in [0.1, 0.15) is 16.7 Å². The molecule has 0 aliphatic heterocycles. The van der Waals surface area contributed by atoms with Crippen molar-refractivity contribution < 1.29 is 14.4 Å². The highest BCUT2D eigenvalue weighted by Crippen LogP contribution is 2.34. The zero-order chi connectivity index (χ0) is 24.6. The average Bonchev–Trinajstić information content (AvgIpc) is 2.88. The van der Waals surface area contributed by atoms with Crippen LogP contribution in [0.3, 0.4) is 0 Å². The summed E-state index contributed by atoms with van der Waals surface area (Å²) < 4.78 is 11.8. The molecule has 0 radical (unpaired) electrons. The first-order valence-corrected chi connectivity index (χ1v) is 10.9. The van der Waals surface area contributed by atoms with E-state index < -0.39 is 4.92 Å². The van der Waals surface area contributed by atoms with Crippen molar-refractivity contribution in [3.8, 4) is 11.5 Å². The predicted octanol–water partition coefficient (Wildman–Crippen LogP) is 5.91. The van der Waals surface area contributed by atoms with Crippen LogP contribution in [0, 0.1) is 10.1 Å². The molecule has 0 spiro atoms. The Morgan fingerprint density at radius 2 is 1.94 bits per heavy atom. The molecule has 35 heavy (non-hydrogen) atoms. The minimum Gasteiger partial charge on any atom is -0.493 e. The summed E-state index contributed by atoms with van der Waals surface area (Å²) in [6.45, 7) is 4.25. The van der Waals surface area contributed by atoms with Gasteiger partial charge in [0.15, 0.2) is 11.5 Å². The van der Waals surface area contributed by atoms with E-state index in [4.69, 9.17) is 9.47 Å². The number of methoxy groups -OCH3 is 1. The number of pyridine rings is 1. The molecule has 1 N–H and O–H groups in total. The zero-order valence-electron chi connectivity index (χ0n) is 19.2. The van der Waals surface area contributed by atoms with Gasteiger partial charge in [-0.25, -0.2) is 4.98 Å². The largest absolute Gasteiger partial charge is 0.493 e. The molecular weight excluding hydrogens is 444 g/mol. The number of nitrogens with zero attached hydrogens (tertiary/aromatic N) is 3. The Labute approximate surface area is 202 Å². The third-order valence-corrected chi connectivity index (χ3v) is 5.29. The highest BCUT2D eigenvalue weighted by molar-refractivity contribution is 5.83. The monoisotopic (exact) mass is 468 g/mol. The normalized spacial score (nSPS) is 10.9. The molecule has 0 aliphatic carbocycles. The molecule has 4 rings (SSSR count). The van der Waals surface area contributed by atoms with Crippen LogP contribution in [0.4, 0.5) is 11.5 Å². The van der Waals surface area contributed by atoms with E-state index >= 15 is 0 Å². The van der Waals surface area contributed by atoms with Crippen molar-refractivity contribution in [2.45, 2.75) is 13.0 Å². The van der Waals surface area contributed by atoms with Gasteiger partial charge in [0.2, 0.25) is 0 Å². The van der Waals surface area contributed by atoms with Gasteiger partial charge in [0.1, 0.15) is 18.6 Å². The lowest BCUT2D eigenvalue weighted by molar-refractivity contribution is -0.385. The molecule has 8 heteroatoms. The number of rotatable bonds is 10. The van der Waals surface area contributed by atoms with Gasteiger partial charge in [-0.3, -0.25) is 15.5 Å². The molecule has 1 heterocycles. The van der Waals surface area contributed by atoms with Crippen molar-refractivity contribution in [3.05, 3.63) is 112 Å². The number of nitrogens with one attached hydrogen (secondary N) is 1. The number of benzene rings is 3. The minimum absolute atomic E-state index is 0.0855. The van der Waals surface area contributed by atoms with E-state index in [-0.39, 0.29) is 5.69 Å². The van der Waals surface area contributed by atoms with Crippen molar-refractivity contribution in [1.29, 1.82) is 0 Å². The van der Waals surface area contributed by atoms with Gasteiger partial charge in [-0.2, -0.15) is 5.10 Å². The number of hydrogen-bond acceptors (Lipinski definition) is 7. The standard InChI is InChI=1S/C27H24N4O4/c1-3-6-23-14-20(16-29-30-26-12-11-24(17-28-26)31(32)33)15-25(34-2)27(23)35-18-19-9-10-21-7-4-5-8-22(21)13-19/h3-5,7-17H,1,6,18H2,2H3,(H,28,30)/b29-16+. The van der Waals surface area contributed by atoms with E-state index in [1.807, 2.05) is 24.3 Å². The van der Waals surface area contributed by atoms with Crippen molar-refractivity contribution in [2.24, 2.45) is 5.10 Å². The summed E-state index contributed by atoms with van der Waals surface area (Å²) in [4.78, 5) is 14.2. The van der Waals surface area contributed by atoms with Gasteiger partial charge in [-0.1, -0.05) is 42.5 Å². The Kier molecular flexibility index (Phi) is 7.32. The molecule has 3 aromatic carbocycles. The number of hydrogen-bond donors (Lipinski definition) is 1. The zero-order valence-corrected chi connectivity index (χ0v) is 19.2. The van der Waals surface area contributed by atoms with Gasteiger partial charge in [0.05, 0.1) is 18.2 Å². The Hall–Kier alpha value is -4.72. The third kappa shape index (κ3) is 5.80. The molecular formula is C27H24N4O4. The molecule has 0 bridgehead atoms. The van der Waals surface area contributed by atoms with E-state index in [2.05, 4.69) is 52.4 Å². The molecule has 0 aliphatic rings. The number of hydrazone groups is 1. The number of ether oxygens (including phenoxy) is 2. The van der Waals surface area contributed by atoms with Gasteiger partial charge in [0.25, 0.3) is 5.69 Å². The molecule has 1 aromatic heterocycles. The predicted molar refractivity (Wildman–Crippen MR) is 137 cm³/mol. The molecule has 0 unspecified atom stereocenters. The Balaban J connectivity index is 1.52. The number of nitro groups is 1. The maximum Gasteiger partial charge on any atom is 0.287 e. The van der Waals surface area contributed by atoms with E-state index in [9.17, 15) is 10.1 Å². The summed E-state index contributed by atoms with van der Waals surface area (Å²) in [7, 11) is 1.59. The molecule has 0 fully saturated rings. The van der Waals surface area contributed by atoms with E-state index in [0.29, 0.717) is 30.3 Å². The second-order valence-electron chi connectivity index (χ2n) is 7.70. The highest BCUT2D eigenvalue weighted by atomic mass is 16.6. The number of aromatic nitrogens is 1. The topological polar surface area (TPSA) is 98.9 Å². The molecule has 0 amide bonds. The lowest BCUT2D eigenvalue weighted by Gasteiger charge is -2.16. The fraction of sp³-hybridized carbons (Fsp3) is 0.111. The van der Waals surface area contributed by atoms with Crippen LogP contribution >= 0.6 is 0 Å².